The molecule has 0 aromatic heterocycles. The van der Waals surface area contributed by atoms with Crippen LogP contribution in [-0.2, 0) is 25.7 Å². The molecule has 0 aliphatic rings. The van der Waals surface area contributed by atoms with Crippen molar-refractivity contribution in [1.29, 1.82) is 0 Å². The molecule has 8 heteroatoms. The van der Waals surface area contributed by atoms with Crippen molar-refractivity contribution in [1.82, 2.24) is 0 Å². The molecular formula is C16H24N2O6. The fourth-order valence-electron chi connectivity index (χ4n) is 3.11. The van der Waals surface area contributed by atoms with E-state index in [-0.39, 0.29) is 63.2 Å². The van der Waals surface area contributed by atoms with Gasteiger partial charge in [-0.15, -0.1) is 0 Å². The maximum atomic E-state index is 12.0. The number of carbonyl (C=O) groups is 2. The Labute approximate surface area is 139 Å². The number of aliphatic hydroxyl groups is 4. The summed E-state index contributed by atoms with van der Waals surface area (Å²) < 4.78 is 0. The highest BCUT2D eigenvalue weighted by atomic mass is 16.3. The molecule has 0 heterocycles. The van der Waals surface area contributed by atoms with Crippen molar-refractivity contribution >= 4 is 11.8 Å². The number of amides is 2. The highest BCUT2D eigenvalue weighted by Crippen LogP contribution is 2.30. The van der Waals surface area contributed by atoms with Crippen molar-refractivity contribution in [2.24, 2.45) is 11.5 Å². The summed E-state index contributed by atoms with van der Waals surface area (Å²) in [6.07, 6.45) is 0.405. The first-order chi connectivity index (χ1) is 11.4. The van der Waals surface area contributed by atoms with Gasteiger partial charge in [0, 0.05) is 26.4 Å². The van der Waals surface area contributed by atoms with Crippen LogP contribution in [0.5, 0.6) is 0 Å². The maximum Gasteiger partial charge on any atom is 0.249 e. The van der Waals surface area contributed by atoms with E-state index in [1.54, 1.807) is 0 Å². The summed E-state index contributed by atoms with van der Waals surface area (Å²) in [6.45, 7) is -1.06. The minimum absolute atomic E-state index is 0.0473. The minimum Gasteiger partial charge on any atom is -0.396 e. The second-order valence-corrected chi connectivity index (χ2v) is 5.29. The second kappa shape index (κ2) is 9.33. The second-order valence-electron chi connectivity index (χ2n) is 5.29. The first-order valence-electron chi connectivity index (χ1n) is 7.66. The number of nitrogens with two attached hydrogens (primary N) is 2. The zero-order chi connectivity index (χ0) is 18.3. The van der Waals surface area contributed by atoms with Crippen molar-refractivity contribution in [3.8, 4) is 0 Å². The molecule has 0 fully saturated rings. The summed E-state index contributed by atoms with van der Waals surface area (Å²) in [5.74, 6) is -1.75. The first kappa shape index (κ1) is 20.0. The van der Waals surface area contributed by atoms with Gasteiger partial charge in [-0.05, 0) is 47.9 Å². The van der Waals surface area contributed by atoms with Crippen LogP contribution in [-0.4, -0.2) is 58.7 Å². The van der Waals surface area contributed by atoms with E-state index in [4.69, 9.17) is 11.5 Å². The molecule has 1 rings (SSSR count). The molecule has 8 nitrogen and oxygen atoms in total. The largest absolute Gasteiger partial charge is 0.396 e. The number of carbonyl (C=O) groups excluding carboxylic acids is 2. The average molecular weight is 340 g/mol. The minimum atomic E-state index is -0.874. The third-order valence-corrected chi connectivity index (χ3v) is 3.89. The van der Waals surface area contributed by atoms with Gasteiger partial charge in [-0.3, -0.25) is 9.59 Å². The summed E-state index contributed by atoms with van der Waals surface area (Å²) >= 11 is 0. The summed E-state index contributed by atoms with van der Waals surface area (Å²) in [6, 6.07) is 0. The van der Waals surface area contributed by atoms with Crippen LogP contribution in [0.4, 0.5) is 0 Å². The van der Waals surface area contributed by atoms with Gasteiger partial charge in [0.25, 0.3) is 0 Å². The molecule has 0 atom stereocenters. The number of benzene rings is 1. The molecule has 24 heavy (non-hydrogen) atoms. The number of hydrogen-bond acceptors (Lipinski definition) is 6. The van der Waals surface area contributed by atoms with E-state index in [1.807, 2.05) is 0 Å². The molecule has 0 aliphatic heterocycles. The Balaban J connectivity index is 3.97. The molecule has 1 aromatic carbocycles. The van der Waals surface area contributed by atoms with E-state index >= 15 is 0 Å². The summed E-state index contributed by atoms with van der Waals surface area (Å²) in [7, 11) is 0. The van der Waals surface area contributed by atoms with Gasteiger partial charge in [0.2, 0.25) is 11.8 Å². The van der Waals surface area contributed by atoms with Crippen molar-refractivity contribution < 1.29 is 30.0 Å². The molecule has 0 saturated carbocycles. The quantitative estimate of drug-likeness (QED) is 0.289. The van der Waals surface area contributed by atoms with Gasteiger partial charge in [0.05, 0.1) is 11.1 Å². The number of aliphatic hydroxyl groups excluding tert-OH is 4. The summed E-state index contributed by atoms with van der Waals surface area (Å²) in [5, 5.41) is 37.3. The van der Waals surface area contributed by atoms with E-state index in [1.165, 1.54) is 0 Å². The Kier molecular flexibility index (Phi) is 7.80. The zero-order valence-electron chi connectivity index (χ0n) is 13.4. The molecule has 0 radical (unpaired) electrons. The zero-order valence-corrected chi connectivity index (χ0v) is 13.4. The van der Waals surface area contributed by atoms with E-state index in [9.17, 15) is 30.0 Å². The molecule has 0 bridgehead atoms. The van der Waals surface area contributed by atoms with Crippen molar-refractivity contribution in [2.75, 3.05) is 26.4 Å². The van der Waals surface area contributed by atoms with E-state index in [0.29, 0.717) is 22.3 Å². The normalized spacial score (nSPS) is 10.8. The fraction of sp³-hybridized carbons (Fsp3) is 0.500. The molecule has 8 N–H and O–H groups in total. The van der Waals surface area contributed by atoms with E-state index < -0.39 is 11.8 Å². The highest BCUT2D eigenvalue weighted by Gasteiger charge is 2.27. The van der Waals surface area contributed by atoms with Crippen LogP contribution in [0.15, 0.2) is 0 Å². The van der Waals surface area contributed by atoms with Crippen LogP contribution >= 0.6 is 0 Å². The van der Waals surface area contributed by atoms with Crippen LogP contribution in [0.1, 0.15) is 43.0 Å². The van der Waals surface area contributed by atoms with E-state index in [2.05, 4.69) is 0 Å². The van der Waals surface area contributed by atoms with Crippen LogP contribution < -0.4 is 11.5 Å². The lowest BCUT2D eigenvalue weighted by Crippen LogP contribution is -2.28. The van der Waals surface area contributed by atoms with E-state index in [0.717, 1.165) is 0 Å². The SMILES string of the molecule is NC(=O)c1c(CCO)c(CCO)c(CCO)c(CCO)c1C(N)=O. The van der Waals surface area contributed by atoms with Crippen molar-refractivity contribution in [2.45, 2.75) is 25.7 Å². The fourth-order valence-corrected chi connectivity index (χ4v) is 3.11. The van der Waals surface area contributed by atoms with Crippen LogP contribution in [0.2, 0.25) is 0 Å². The average Bonchev–Trinajstić information content (AvgIpc) is 2.51. The highest BCUT2D eigenvalue weighted by molar-refractivity contribution is 6.08. The van der Waals surface area contributed by atoms with Gasteiger partial charge in [0.15, 0.2) is 0 Å². The Bertz CT molecular complexity index is 562. The smallest absolute Gasteiger partial charge is 0.249 e. The predicted octanol–water partition coefficient (Wildman–Crippen LogP) is -1.98. The lowest BCUT2D eigenvalue weighted by atomic mass is 9.81. The molecule has 0 spiro atoms. The maximum absolute atomic E-state index is 12.0. The van der Waals surface area contributed by atoms with Gasteiger partial charge in [-0.2, -0.15) is 0 Å². The van der Waals surface area contributed by atoms with Gasteiger partial charge in [-0.1, -0.05) is 0 Å². The summed E-state index contributed by atoms with van der Waals surface area (Å²) in [4.78, 5) is 23.9. The Hall–Kier alpha value is -2.00. The standard InChI is InChI=1S/C16H24N2O6/c17-15(23)13-11(3-7-21)9(1-5-19)10(2-6-20)12(4-8-22)14(13)16(18)24/h19-22H,1-8H2,(H2,17,23)(H2,18,24). The summed E-state index contributed by atoms with van der Waals surface area (Å²) in [5.41, 5.74) is 12.5. The molecule has 0 unspecified atom stereocenters. The molecular weight excluding hydrogens is 316 g/mol. The van der Waals surface area contributed by atoms with Crippen LogP contribution in [0, 0.1) is 0 Å². The lowest BCUT2D eigenvalue weighted by molar-refractivity contribution is 0.0965. The Morgan fingerprint density at radius 1 is 0.583 bits per heavy atom. The number of hydrogen-bond donors (Lipinski definition) is 6. The van der Waals surface area contributed by atoms with Crippen molar-refractivity contribution in [3.63, 3.8) is 0 Å². The lowest BCUT2D eigenvalue weighted by Gasteiger charge is -2.24. The van der Waals surface area contributed by atoms with Gasteiger partial charge in [0.1, 0.15) is 0 Å². The van der Waals surface area contributed by atoms with Crippen molar-refractivity contribution in [3.05, 3.63) is 33.4 Å². The Morgan fingerprint density at radius 3 is 1.04 bits per heavy atom. The third kappa shape index (κ3) is 4.09. The van der Waals surface area contributed by atoms with Gasteiger partial charge >= 0.3 is 0 Å². The molecule has 0 saturated heterocycles. The predicted molar refractivity (Wildman–Crippen MR) is 86.6 cm³/mol. The van der Waals surface area contributed by atoms with Gasteiger partial charge in [-0.25, -0.2) is 0 Å². The van der Waals surface area contributed by atoms with Crippen LogP contribution in [0.3, 0.4) is 0 Å². The van der Waals surface area contributed by atoms with Gasteiger partial charge < -0.3 is 31.9 Å². The van der Waals surface area contributed by atoms with Crippen LogP contribution in [0.25, 0.3) is 0 Å². The molecule has 1 aromatic rings. The first-order valence-corrected chi connectivity index (χ1v) is 7.66. The molecule has 0 aliphatic carbocycles. The molecule has 134 valence electrons. The third-order valence-electron chi connectivity index (χ3n) is 3.89. The number of primary amides is 2. The topological polar surface area (TPSA) is 167 Å². The Morgan fingerprint density at radius 2 is 0.833 bits per heavy atom. The monoisotopic (exact) mass is 340 g/mol. The number of rotatable bonds is 10. The molecule has 2 amide bonds.